The summed E-state index contributed by atoms with van der Waals surface area (Å²) in [4.78, 5) is 4.25. The first-order valence-corrected chi connectivity index (χ1v) is 4.93. The third-order valence-corrected chi connectivity index (χ3v) is 2.30. The summed E-state index contributed by atoms with van der Waals surface area (Å²) in [5.74, 6) is 0.892. The Hall–Kier alpha value is -1.84. The number of aromatic nitrogens is 3. The maximum atomic E-state index is 4.25. The summed E-state index contributed by atoms with van der Waals surface area (Å²) >= 11 is 0. The molecule has 2 heterocycles. The molecule has 0 aromatic carbocycles. The second kappa shape index (κ2) is 4.13. The molecule has 2 aromatic rings. The molecule has 1 unspecified atom stereocenters. The Kier molecular flexibility index (Phi) is 2.67. The fourth-order valence-corrected chi connectivity index (χ4v) is 1.42. The SMILES string of the molecule is Cc1ccnc(NC(C)c2cn[nH]c2)c1. The zero-order valence-corrected chi connectivity index (χ0v) is 8.86. The van der Waals surface area contributed by atoms with Crippen LogP contribution in [0.2, 0.25) is 0 Å². The van der Waals surface area contributed by atoms with E-state index in [4.69, 9.17) is 0 Å². The normalized spacial score (nSPS) is 12.4. The Morgan fingerprint density at radius 1 is 1.47 bits per heavy atom. The van der Waals surface area contributed by atoms with E-state index in [1.54, 1.807) is 6.20 Å². The van der Waals surface area contributed by atoms with Crippen LogP contribution in [0.5, 0.6) is 0 Å². The van der Waals surface area contributed by atoms with Crippen LogP contribution >= 0.6 is 0 Å². The van der Waals surface area contributed by atoms with Crippen LogP contribution in [0.15, 0.2) is 30.7 Å². The van der Waals surface area contributed by atoms with Crippen molar-refractivity contribution in [1.82, 2.24) is 15.2 Å². The van der Waals surface area contributed by atoms with E-state index < -0.39 is 0 Å². The van der Waals surface area contributed by atoms with E-state index in [2.05, 4.69) is 34.3 Å². The molecule has 2 N–H and O–H groups in total. The van der Waals surface area contributed by atoms with Crippen molar-refractivity contribution >= 4 is 5.82 Å². The summed E-state index contributed by atoms with van der Waals surface area (Å²) in [5, 5.41) is 10.0. The highest BCUT2D eigenvalue weighted by Crippen LogP contribution is 2.16. The van der Waals surface area contributed by atoms with Crippen LogP contribution in [0.1, 0.15) is 24.1 Å². The summed E-state index contributed by atoms with van der Waals surface area (Å²) in [7, 11) is 0. The van der Waals surface area contributed by atoms with Gasteiger partial charge in [0.25, 0.3) is 0 Å². The minimum atomic E-state index is 0.207. The van der Waals surface area contributed by atoms with E-state index >= 15 is 0 Å². The van der Waals surface area contributed by atoms with Crippen molar-refractivity contribution < 1.29 is 0 Å². The minimum Gasteiger partial charge on any atom is -0.363 e. The van der Waals surface area contributed by atoms with Gasteiger partial charge in [0, 0.05) is 18.0 Å². The standard InChI is InChI=1S/C11H14N4/c1-8-3-4-12-11(5-8)15-9(2)10-6-13-14-7-10/h3-7,9H,1-2H3,(H,12,15)(H,13,14). The maximum Gasteiger partial charge on any atom is 0.126 e. The molecule has 0 aliphatic rings. The molecular weight excluding hydrogens is 188 g/mol. The first-order valence-electron chi connectivity index (χ1n) is 4.93. The van der Waals surface area contributed by atoms with E-state index in [1.165, 1.54) is 5.56 Å². The van der Waals surface area contributed by atoms with Gasteiger partial charge in [-0.05, 0) is 31.5 Å². The number of H-pyrrole nitrogens is 1. The van der Waals surface area contributed by atoms with Crippen molar-refractivity contribution in [2.75, 3.05) is 5.32 Å². The smallest absolute Gasteiger partial charge is 0.126 e. The van der Waals surface area contributed by atoms with Crippen molar-refractivity contribution in [3.63, 3.8) is 0 Å². The number of nitrogens with zero attached hydrogens (tertiary/aromatic N) is 2. The number of pyridine rings is 1. The van der Waals surface area contributed by atoms with Crippen LogP contribution < -0.4 is 5.32 Å². The van der Waals surface area contributed by atoms with Gasteiger partial charge in [-0.25, -0.2) is 4.98 Å². The van der Waals surface area contributed by atoms with Gasteiger partial charge in [0.2, 0.25) is 0 Å². The Balaban J connectivity index is 2.09. The summed E-state index contributed by atoms with van der Waals surface area (Å²) in [6.45, 7) is 4.13. The minimum absolute atomic E-state index is 0.207. The molecule has 4 nitrogen and oxygen atoms in total. The molecule has 2 rings (SSSR count). The predicted molar refractivity (Wildman–Crippen MR) is 59.6 cm³/mol. The number of aromatic amines is 1. The molecule has 0 amide bonds. The van der Waals surface area contributed by atoms with Crippen molar-refractivity contribution in [3.8, 4) is 0 Å². The molecule has 2 aromatic heterocycles. The number of aryl methyl sites for hydroxylation is 1. The van der Waals surface area contributed by atoms with Crippen LogP contribution in [-0.2, 0) is 0 Å². The highest BCUT2D eigenvalue weighted by atomic mass is 15.1. The molecular formula is C11H14N4. The molecule has 0 bridgehead atoms. The zero-order valence-electron chi connectivity index (χ0n) is 8.86. The third kappa shape index (κ3) is 2.34. The van der Waals surface area contributed by atoms with E-state index in [-0.39, 0.29) is 6.04 Å². The van der Waals surface area contributed by atoms with Gasteiger partial charge in [0.05, 0.1) is 12.2 Å². The van der Waals surface area contributed by atoms with Gasteiger partial charge in [0.1, 0.15) is 5.82 Å². The molecule has 15 heavy (non-hydrogen) atoms. The lowest BCUT2D eigenvalue weighted by Crippen LogP contribution is -2.06. The molecule has 0 fully saturated rings. The average molecular weight is 202 g/mol. The molecule has 0 aliphatic heterocycles. The van der Waals surface area contributed by atoms with Crippen LogP contribution in [0.25, 0.3) is 0 Å². The number of nitrogens with one attached hydrogen (secondary N) is 2. The molecule has 0 radical (unpaired) electrons. The zero-order chi connectivity index (χ0) is 10.7. The van der Waals surface area contributed by atoms with E-state index in [0.29, 0.717) is 0 Å². The number of hydrogen-bond donors (Lipinski definition) is 2. The average Bonchev–Trinajstić information content (AvgIpc) is 2.70. The largest absolute Gasteiger partial charge is 0.363 e. The number of rotatable bonds is 3. The summed E-state index contributed by atoms with van der Waals surface area (Å²) < 4.78 is 0. The van der Waals surface area contributed by atoms with Gasteiger partial charge in [0.15, 0.2) is 0 Å². The number of hydrogen-bond acceptors (Lipinski definition) is 3. The predicted octanol–water partition coefficient (Wildman–Crippen LogP) is 2.29. The van der Waals surface area contributed by atoms with Crippen LogP contribution in [0.4, 0.5) is 5.82 Å². The van der Waals surface area contributed by atoms with Crippen molar-refractivity contribution in [1.29, 1.82) is 0 Å². The second-order valence-corrected chi connectivity index (χ2v) is 3.62. The monoisotopic (exact) mass is 202 g/mol. The van der Waals surface area contributed by atoms with Gasteiger partial charge < -0.3 is 5.32 Å². The quantitative estimate of drug-likeness (QED) is 0.802. The molecule has 78 valence electrons. The molecule has 4 heteroatoms. The highest BCUT2D eigenvalue weighted by Gasteiger charge is 2.06. The number of anilines is 1. The lowest BCUT2D eigenvalue weighted by molar-refractivity contribution is 0.875. The summed E-state index contributed by atoms with van der Waals surface area (Å²) in [6.07, 6.45) is 5.50. The highest BCUT2D eigenvalue weighted by molar-refractivity contribution is 5.39. The topological polar surface area (TPSA) is 53.6 Å². The summed E-state index contributed by atoms with van der Waals surface area (Å²) in [5.41, 5.74) is 2.32. The first kappa shape index (κ1) is 9.71. The van der Waals surface area contributed by atoms with Crippen molar-refractivity contribution in [2.24, 2.45) is 0 Å². The first-order chi connectivity index (χ1) is 7.25. The molecule has 0 saturated carbocycles. The second-order valence-electron chi connectivity index (χ2n) is 3.62. The van der Waals surface area contributed by atoms with Gasteiger partial charge in [-0.1, -0.05) is 0 Å². The van der Waals surface area contributed by atoms with Gasteiger partial charge in [-0.15, -0.1) is 0 Å². The van der Waals surface area contributed by atoms with E-state index in [0.717, 1.165) is 11.4 Å². The Labute approximate surface area is 88.8 Å². The molecule has 0 saturated heterocycles. The molecule has 0 aliphatic carbocycles. The van der Waals surface area contributed by atoms with Crippen LogP contribution in [0, 0.1) is 6.92 Å². The van der Waals surface area contributed by atoms with Gasteiger partial charge >= 0.3 is 0 Å². The third-order valence-electron chi connectivity index (χ3n) is 2.30. The maximum absolute atomic E-state index is 4.25. The Morgan fingerprint density at radius 3 is 3.00 bits per heavy atom. The van der Waals surface area contributed by atoms with Crippen molar-refractivity contribution in [3.05, 3.63) is 41.9 Å². The summed E-state index contributed by atoms with van der Waals surface area (Å²) in [6, 6.07) is 4.21. The fraction of sp³-hybridized carbons (Fsp3) is 0.273. The lowest BCUT2D eigenvalue weighted by atomic mass is 10.2. The van der Waals surface area contributed by atoms with E-state index in [1.807, 2.05) is 24.5 Å². The van der Waals surface area contributed by atoms with Gasteiger partial charge in [-0.3, -0.25) is 5.10 Å². The molecule has 0 spiro atoms. The van der Waals surface area contributed by atoms with E-state index in [9.17, 15) is 0 Å². The van der Waals surface area contributed by atoms with Crippen LogP contribution in [0.3, 0.4) is 0 Å². The van der Waals surface area contributed by atoms with Crippen LogP contribution in [-0.4, -0.2) is 15.2 Å². The lowest BCUT2D eigenvalue weighted by Gasteiger charge is -2.12. The fourth-order valence-electron chi connectivity index (χ4n) is 1.42. The Bertz CT molecular complexity index is 422. The van der Waals surface area contributed by atoms with Crippen molar-refractivity contribution in [2.45, 2.75) is 19.9 Å². The molecule has 1 atom stereocenters. The Morgan fingerprint density at radius 2 is 2.33 bits per heavy atom. The van der Waals surface area contributed by atoms with Gasteiger partial charge in [-0.2, -0.15) is 5.10 Å².